The Kier molecular flexibility index (Phi) is 2.98. The molecule has 0 aliphatic rings. The van der Waals surface area contributed by atoms with Gasteiger partial charge in [-0.05, 0) is 0 Å². The molecule has 4 N–H and O–H groups in total. The summed E-state index contributed by atoms with van der Waals surface area (Å²) in [5.41, 5.74) is 9.83. The maximum absolute atomic E-state index is 9.60. The van der Waals surface area contributed by atoms with Gasteiger partial charge in [-0.2, -0.15) is 0 Å². The fourth-order valence-corrected chi connectivity index (χ4v) is 0.147. The summed E-state index contributed by atoms with van der Waals surface area (Å²) >= 11 is 0. The third-order valence-corrected chi connectivity index (χ3v) is 0.659. The molecule has 0 aromatic carbocycles. The first-order valence-electron chi connectivity index (χ1n) is 1.99. The molecule has 0 aromatic rings. The Bertz CT molecular complexity index is 82.0. The van der Waals surface area contributed by atoms with E-state index in [1.807, 2.05) is 0 Å². The summed E-state index contributed by atoms with van der Waals surface area (Å²) in [5, 5.41) is 0. The second kappa shape index (κ2) is 3.29. The van der Waals surface area contributed by atoms with E-state index in [0.29, 0.717) is 0 Å². The average Bonchev–Trinajstić information content (AvgIpc) is 1.84. The van der Waals surface area contributed by atoms with Crippen LogP contribution in [0.25, 0.3) is 0 Å². The van der Waals surface area contributed by atoms with Gasteiger partial charge in [0.1, 0.15) is 0 Å². The summed E-state index contributed by atoms with van der Waals surface area (Å²) in [6.07, 6.45) is 2.71. The van der Waals surface area contributed by atoms with Gasteiger partial charge < -0.3 is 11.5 Å². The minimum Gasteiger partial charge on any atom is -0.319 e. The molecule has 44 valence electrons. The number of hydrogen-bond acceptors (Lipinski definition) is 4. The summed E-state index contributed by atoms with van der Waals surface area (Å²) in [6.45, 7) is 0. The molecule has 0 heterocycles. The predicted octanol–water partition coefficient (Wildman–Crippen LogP) is -2.14. The molecule has 0 saturated carbocycles. The lowest BCUT2D eigenvalue weighted by Crippen LogP contribution is -2.43. The first-order valence-corrected chi connectivity index (χ1v) is 1.99. The second-order valence-corrected chi connectivity index (χ2v) is 1.29. The zero-order valence-electron chi connectivity index (χ0n) is 4.13. The summed E-state index contributed by atoms with van der Waals surface area (Å²) < 4.78 is 0. The van der Waals surface area contributed by atoms with Crippen molar-refractivity contribution in [2.75, 3.05) is 0 Å². The molecule has 0 aromatic heterocycles. The van der Waals surface area contributed by atoms with Crippen molar-refractivity contribution in [2.24, 2.45) is 11.5 Å². The van der Waals surface area contributed by atoms with Crippen LogP contribution >= 0.6 is 0 Å². The second-order valence-electron chi connectivity index (χ2n) is 1.29. The Hall–Kier alpha value is -0.740. The van der Waals surface area contributed by atoms with Gasteiger partial charge in [0.15, 0.2) is 0 Å². The maximum Gasteiger partial charge on any atom is 0.218 e. The van der Waals surface area contributed by atoms with Gasteiger partial charge in [0.05, 0.1) is 12.1 Å². The fourth-order valence-electron chi connectivity index (χ4n) is 0.147. The van der Waals surface area contributed by atoms with Crippen LogP contribution in [0.1, 0.15) is 0 Å². The number of carbonyl (C=O) groups excluding carboxylic acids is 2. The van der Waals surface area contributed by atoms with Crippen molar-refractivity contribution in [3.63, 3.8) is 0 Å². The molecule has 2 atom stereocenters. The first kappa shape index (κ1) is 7.26. The van der Waals surface area contributed by atoms with E-state index in [1.165, 1.54) is 12.6 Å². The lowest BCUT2D eigenvalue weighted by atomic mass is 10.2. The van der Waals surface area contributed by atoms with Crippen LogP contribution in [0, 0.1) is 0 Å². The van der Waals surface area contributed by atoms with Crippen LogP contribution < -0.4 is 11.5 Å². The minimum atomic E-state index is -1.03. The molecule has 0 fully saturated rings. The standard InChI is InChI=1S/C4H6N2O2/c5-3(1-7)4(6)2-8/h3-4H,5-6H2. The van der Waals surface area contributed by atoms with Crippen LogP contribution in [0.15, 0.2) is 0 Å². The van der Waals surface area contributed by atoms with Gasteiger partial charge >= 0.3 is 0 Å². The zero-order chi connectivity index (χ0) is 6.57. The Balaban J connectivity index is 3.60. The molecule has 0 saturated heterocycles. The van der Waals surface area contributed by atoms with E-state index < -0.39 is 12.1 Å². The minimum absolute atomic E-state index is 1.03. The van der Waals surface area contributed by atoms with E-state index in [-0.39, 0.29) is 0 Å². The third kappa shape index (κ3) is 1.81. The summed E-state index contributed by atoms with van der Waals surface area (Å²) in [5.74, 6) is 0. The lowest BCUT2D eigenvalue weighted by molar-refractivity contribution is 0.516. The van der Waals surface area contributed by atoms with E-state index >= 15 is 0 Å². The predicted molar refractivity (Wildman–Crippen MR) is 27.3 cm³/mol. The zero-order valence-corrected chi connectivity index (χ0v) is 4.13. The highest BCUT2D eigenvalue weighted by Crippen LogP contribution is 1.74. The van der Waals surface area contributed by atoms with E-state index in [9.17, 15) is 9.59 Å². The molecule has 2 unspecified atom stereocenters. The third-order valence-electron chi connectivity index (χ3n) is 0.659. The highest BCUT2D eigenvalue weighted by molar-refractivity contribution is 5.70. The number of rotatable bonds is 3. The average molecular weight is 114 g/mol. The molecule has 0 bridgehead atoms. The van der Waals surface area contributed by atoms with Crippen LogP contribution in [0.5, 0.6) is 0 Å². The van der Waals surface area contributed by atoms with E-state index in [0.717, 1.165) is 0 Å². The van der Waals surface area contributed by atoms with Gasteiger partial charge in [-0.15, -0.1) is 0 Å². The molecular weight excluding hydrogens is 108 g/mol. The van der Waals surface area contributed by atoms with E-state index in [1.54, 1.807) is 0 Å². The van der Waals surface area contributed by atoms with Crippen LogP contribution in [-0.2, 0) is 9.59 Å². The number of nitrogens with two attached hydrogens (primary N) is 2. The quantitative estimate of drug-likeness (QED) is 0.438. The Morgan fingerprint density at radius 1 is 1.00 bits per heavy atom. The van der Waals surface area contributed by atoms with Gasteiger partial charge in [0.2, 0.25) is 12.6 Å². The molecule has 0 rings (SSSR count). The largest absolute Gasteiger partial charge is 0.319 e. The molecule has 8 heavy (non-hydrogen) atoms. The van der Waals surface area contributed by atoms with Gasteiger partial charge in [0, 0.05) is 0 Å². The van der Waals surface area contributed by atoms with Crippen molar-refractivity contribution in [3.05, 3.63) is 0 Å². The fraction of sp³-hybridized carbons (Fsp3) is 0.500. The summed E-state index contributed by atoms with van der Waals surface area (Å²) in [4.78, 5) is 19.2. The van der Waals surface area contributed by atoms with Crippen molar-refractivity contribution in [1.82, 2.24) is 0 Å². The van der Waals surface area contributed by atoms with Gasteiger partial charge in [-0.1, -0.05) is 0 Å². The highest BCUT2D eigenvalue weighted by atomic mass is 16.1. The molecule has 0 spiro atoms. The SMILES string of the molecule is NC([C]=O)C(N)[C]=O. The lowest BCUT2D eigenvalue weighted by Gasteiger charge is -2.01. The van der Waals surface area contributed by atoms with E-state index in [4.69, 9.17) is 11.5 Å². The molecule has 4 heteroatoms. The molecule has 0 amide bonds. The van der Waals surface area contributed by atoms with Crippen LogP contribution in [-0.4, -0.2) is 24.7 Å². The van der Waals surface area contributed by atoms with Gasteiger partial charge in [-0.25, -0.2) is 0 Å². The highest BCUT2D eigenvalue weighted by Gasteiger charge is 2.11. The maximum atomic E-state index is 9.60. The van der Waals surface area contributed by atoms with Crippen molar-refractivity contribution in [2.45, 2.75) is 12.1 Å². The molecular formula is C4H6N2O2. The monoisotopic (exact) mass is 114 g/mol. The van der Waals surface area contributed by atoms with Crippen LogP contribution in [0.2, 0.25) is 0 Å². The Morgan fingerprint density at radius 3 is 1.38 bits per heavy atom. The first-order chi connectivity index (χ1) is 3.72. The summed E-state index contributed by atoms with van der Waals surface area (Å²) in [7, 11) is 0. The van der Waals surface area contributed by atoms with Crippen LogP contribution in [0.4, 0.5) is 0 Å². The van der Waals surface area contributed by atoms with Crippen molar-refractivity contribution >= 4 is 12.6 Å². The topological polar surface area (TPSA) is 86.2 Å². The molecule has 2 radical (unpaired) electrons. The molecule has 0 aliphatic heterocycles. The number of hydrogen-bond donors (Lipinski definition) is 2. The smallest absolute Gasteiger partial charge is 0.218 e. The Morgan fingerprint density at radius 2 is 1.25 bits per heavy atom. The van der Waals surface area contributed by atoms with E-state index in [2.05, 4.69) is 0 Å². The van der Waals surface area contributed by atoms with Crippen molar-refractivity contribution in [3.8, 4) is 0 Å². The van der Waals surface area contributed by atoms with Gasteiger partial charge in [-0.3, -0.25) is 9.59 Å². The summed E-state index contributed by atoms with van der Waals surface area (Å²) in [6, 6.07) is -2.07. The van der Waals surface area contributed by atoms with Crippen molar-refractivity contribution < 1.29 is 9.59 Å². The normalized spacial score (nSPS) is 16.8. The van der Waals surface area contributed by atoms with Crippen molar-refractivity contribution in [1.29, 1.82) is 0 Å². The molecule has 4 nitrogen and oxygen atoms in total. The molecule has 0 aliphatic carbocycles. The van der Waals surface area contributed by atoms with Crippen LogP contribution in [0.3, 0.4) is 0 Å². The van der Waals surface area contributed by atoms with Gasteiger partial charge in [0.25, 0.3) is 0 Å². The Labute approximate surface area is 46.8 Å².